The van der Waals surface area contributed by atoms with E-state index in [1.165, 1.54) is 0 Å². The van der Waals surface area contributed by atoms with Crippen LogP contribution in [0.1, 0.15) is 11.3 Å². The van der Waals surface area contributed by atoms with E-state index in [1.54, 1.807) is 18.3 Å². The summed E-state index contributed by atoms with van der Waals surface area (Å²) in [6.07, 6.45) is 1.77. The molecule has 0 amide bonds. The van der Waals surface area contributed by atoms with Gasteiger partial charge in [-0.1, -0.05) is 17.7 Å². The van der Waals surface area contributed by atoms with Gasteiger partial charge in [0.2, 0.25) is 0 Å². The number of aromatic hydroxyl groups is 1. The van der Waals surface area contributed by atoms with Crippen LogP contribution < -0.4 is 5.32 Å². The zero-order chi connectivity index (χ0) is 12.3. The summed E-state index contributed by atoms with van der Waals surface area (Å²) in [6.45, 7) is 1.44. The molecule has 0 aliphatic heterocycles. The maximum absolute atomic E-state index is 9.29. The van der Waals surface area contributed by atoms with Crippen LogP contribution in [0.2, 0.25) is 5.02 Å². The maximum atomic E-state index is 9.29. The lowest BCUT2D eigenvalue weighted by Gasteiger charge is -2.06. The summed E-state index contributed by atoms with van der Waals surface area (Å²) in [5.74, 6) is 0.113. The van der Waals surface area contributed by atoms with Gasteiger partial charge in [-0.05, 0) is 23.8 Å². The summed E-state index contributed by atoms with van der Waals surface area (Å²) < 4.78 is 1.83. The number of nitrogens with one attached hydrogen (secondary N) is 1. The molecule has 0 unspecified atom stereocenters. The molecule has 0 bridgehead atoms. The minimum absolute atomic E-state index is 0.113. The van der Waals surface area contributed by atoms with Crippen molar-refractivity contribution in [3.8, 4) is 5.75 Å². The Morgan fingerprint density at radius 3 is 2.82 bits per heavy atom. The molecule has 2 N–H and O–H groups in total. The summed E-state index contributed by atoms with van der Waals surface area (Å²) >= 11 is 5.83. The van der Waals surface area contributed by atoms with Crippen molar-refractivity contribution in [2.24, 2.45) is 7.05 Å². The lowest BCUT2D eigenvalue weighted by Crippen LogP contribution is -2.15. The van der Waals surface area contributed by atoms with Crippen molar-refractivity contribution in [3.63, 3.8) is 0 Å². The van der Waals surface area contributed by atoms with Crippen molar-refractivity contribution in [1.82, 2.24) is 15.1 Å². The van der Waals surface area contributed by atoms with Crippen LogP contribution in [0.25, 0.3) is 0 Å². The largest absolute Gasteiger partial charge is 0.506 e. The zero-order valence-corrected chi connectivity index (χ0v) is 10.3. The van der Waals surface area contributed by atoms with Crippen LogP contribution in [0.5, 0.6) is 5.75 Å². The number of rotatable bonds is 4. The molecule has 0 aliphatic rings. The van der Waals surface area contributed by atoms with Crippen LogP contribution in [-0.2, 0) is 20.1 Å². The van der Waals surface area contributed by atoms with E-state index in [0.717, 1.165) is 17.8 Å². The molecule has 0 spiro atoms. The van der Waals surface area contributed by atoms with E-state index < -0.39 is 0 Å². The van der Waals surface area contributed by atoms with E-state index in [4.69, 9.17) is 11.6 Å². The first-order valence-electron chi connectivity index (χ1n) is 5.32. The zero-order valence-electron chi connectivity index (χ0n) is 9.52. The molecule has 4 nitrogen and oxygen atoms in total. The van der Waals surface area contributed by atoms with E-state index in [2.05, 4.69) is 10.4 Å². The molecule has 0 radical (unpaired) electrons. The lowest BCUT2D eigenvalue weighted by atomic mass is 10.2. The molecular weight excluding hydrogens is 238 g/mol. The fraction of sp³-hybridized carbons (Fsp3) is 0.250. The highest BCUT2D eigenvalue weighted by molar-refractivity contribution is 6.32. The van der Waals surface area contributed by atoms with Gasteiger partial charge in [-0.3, -0.25) is 4.68 Å². The molecule has 0 fully saturated rings. The van der Waals surface area contributed by atoms with Crippen LogP contribution in [0.3, 0.4) is 0 Å². The Morgan fingerprint density at radius 1 is 1.35 bits per heavy atom. The monoisotopic (exact) mass is 251 g/mol. The lowest BCUT2D eigenvalue weighted by molar-refractivity contribution is 0.475. The molecule has 0 atom stereocenters. The van der Waals surface area contributed by atoms with E-state index >= 15 is 0 Å². The van der Waals surface area contributed by atoms with Gasteiger partial charge in [-0.2, -0.15) is 5.10 Å². The van der Waals surface area contributed by atoms with Crippen LogP contribution in [0, 0.1) is 0 Å². The highest BCUT2D eigenvalue weighted by Gasteiger charge is 2.01. The maximum Gasteiger partial charge on any atom is 0.134 e. The molecule has 1 aromatic heterocycles. The second-order valence-electron chi connectivity index (χ2n) is 3.84. The molecule has 2 rings (SSSR count). The standard InChI is InChI=1S/C12H14ClN3O/c1-16-10(4-5-15-16)8-14-7-9-2-3-12(17)11(13)6-9/h2-6,14,17H,7-8H2,1H3. The minimum atomic E-state index is 0.113. The number of aryl methyl sites for hydroxylation is 1. The smallest absolute Gasteiger partial charge is 0.134 e. The molecular formula is C12H14ClN3O. The summed E-state index contributed by atoms with van der Waals surface area (Å²) in [4.78, 5) is 0. The van der Waals surface area contributed by atoms with Gasteiger partial charge in [0.1, 0.15) is 5.75 Å². The van der Waals surface area contributed by atoms with Crippen LogP contribution >= 0.6 is 11.6 Å². The molecule has 1 aromatic carbocycles. The summed E-state index contributed by atoms with van der Waals surface area (Å²) in [5.41, 5.74) is 2.16. The molecule has 0 saturated carbocycles. The third-order valence-electron chi connectivity index (χ3n) is 2.57. The first kappa shape index (κ1) is 12.0. The quantitative estimate of drug-likeness (QED) is 0.875. The Balaban J connectivity index is 1.90. The van der Waals surface area contributed by atoms with Gasteiger partial charge in [0.15, 0.2) is 0 Å². The Kier molecular flexibility index (Phi) is 3.66. The second kappa shape index (κ2) is 5.21. The number of hydrogen-bond donors (Lipinski definition) is 2. The molecule has 0 aliphatic carbocycles. The van der Waals surface area contributed by atoms with Crippen molar-refractivity contribution >= 4 is 11.6 Å². The van der Waals surface area contributed by atoms with E-state index in [-0.39, 0.29) is 5.75 Å². The van der Waals surface area contributed by atoms with Gasteiger partial charge in [-0.25, -0.2) is 0 Å². The second-order valence-corrected chi connectivity index (χ2v) is 4.24. The number of phenols is 1. The third kappa shape index (κ3) is 2.99. The number of nitrogens with zero attached hydrogens (tertiary/aromatic N) is 2. The fourth-order valence-corrected chi connectivity index (χ4v) is 1.77. The highest BCUT2D eigenvalue weighted by Crippen LogP contribution is 2.23. The number of hydrogen-bond acceptors (Lipinski definition) is 3. The van der Waals surface area contributed by atoms with Gasteiger partial charge in [0.25, 0.3) is 0 Å². The van der Waals surface area contributed by atoms with Gasteiger partial charge in [0, 0.05) is 26.3 Å². The molecule has 17 heavy (non-hydrogen) atoms. The van der Waals surface area contributed by atoms with Crippen LogP contribution in [0.15, 0.2) is 30.5 Å². The van der Waals surface area contributed by atoms with Crippen molar-refractivity contribution in [2.75, 3.05) is 0 Å². The highest BCUT2D eigenvalue weighted by atomic mass is 35.5. The third-order valence-corrected chi connectivity index (χ3v) is 2.87. The summed E-state index contributed by atoms with van der Waals surface area (Å²) in [5, 5.41) is 17.1. The molecule has 5 heteroatoms. The predicted octanol–water partition coefficient (Wildman–Crippen LogP) is 2.07. The average Bonchev–Trinajstić information content (AvgIpc) is 2.70. The number of benzene rings is 1. The Hall–Kier alpha value is -1.52. The fourth-order valence-electron chi connectivity index (χ4n) is 1.57. The van der Waals surface area contributed by atoms with Gasteiger partial charge in [0.05, 0.1) is 10.7 Å². The molecule has 0 saturated heterocycles. The Labute approximate surface area is 105 Å². The van der Waals surface area contributed by atoms with Crippen molar-refractivity contribution in [3.05, 3.63) is 46.7 Å². The number of aromatic nitrogens is 2. The van der Waals surface area contributed by atoms with E-state index in [9.17, 15) is 5.11 Å². The SMILES string of the molecule is Cn1nccc1CNCc1ccc(O)c(Cl)c1. The minimum Gasteiger partial charge on any atom is -0.506 e. The van der Waals surface area contributed by atoms with Gasteiger partial charge in [-0.15, -0.1) is 0 Å². The normalized spacial score (nSPS) is 10.7. The van der Waals surface area contributed by atoms with Crippen molar-refractivity contribution in [1.29, 1.82) is 0 Å². The van der Waals surface area contributed by atoms with E-state index in [0.29, 0.717) is 11.6 Å². The topological polar surface area (TPSA) is 50.1 Å². The van der Waals surface area contributed by atoms with E-state index in [1.807, 2.05) is 23.9 Å². The number of phenolic OH excluding ortho intramolecular Hbond substituents is 1. The number of halogens is 1. The first-order valence-corrected chi connectivity index (χ1v) is 5.69. The van der Waals surface area contributed by atoms with Gasteiger partial charge >= 0.3 is 0 Å². The summed E-state index contributed by atoms with van der Waals surface area (Å²) in [6, 6.07) is 7.17. The van der Waals surface area contributed by atoms with Crippen LogP contribution in [0.4, 0.5) is 0 Å². The first-order chi connectivity index (χ1) is 8.16. The van der Waals surface area contributed by atoms with Crippen LogP contribution in [-0.4, -0.2) is 14.9 Å². The average molecular weight is 252 g/mol. The molecule has 1 heterocycles. The van der Waals surface area contributed by atoms with Gasteiger partial charge < -0.3 is 10.4 Å². The Bertz CT molecular complexity index is 510. The summed E-state index contributed by atoms with van der Waals surface area (Å²) in [7, 11) is 1.91. The van der Waals surface area contributed by atoms with Crippen molar-refractivity contribution in [2.45, 2.75) is 13.1 Å². The molecule has 90 valence electrons. The predicted molar refractivity (Wildman–Crippen MR) is 66.9 cm³/mol. The Morgan fingerprint density at radius 2 is 2.18 bits per heavy atom. The molecule has 2 aromatic rings. The van der Waals surface area contributed by atoms with Crippen molar-refractivity contribution < 1.29 is 5.11 Å².